The minimum Gasteiger partial charge on any atom is -0.387 e. The highest BCUT2D eigenvalue weighted by Gasteiger charge is 2.20. The second-order valence-electron chi connectivity index (χ2n) is 5.71. The van der Waals surface area contributed by atoms with Gasteiger partial charge in [-0.1, -0.05) is 20.8 Å². The standard InChI is InChI=1S/C13H23BrN2O2/c1-13(2,3)6-5-11(17)12-10(14)9-15-16(12)7-8-18-4/h9,11,17H,5-8H2,1-4H3. The first kappa shape index (κ1) is 15.7. The minimum absolute atomic E-state index is 0.227. The van der Waals surface area contributed by atoms with E-state index in [1.54, 1.807) is 18.0 Å². The fraction of sp³-hybridized carbons (Fsp3) is 0.769. The van der Waals surface area contributed by atoms with Gasteiger partial charge in [0.2, 0.25) is 0 Å². The lowest BCUT2D eigenvalue weighted by molar-refractivity contribution is 0.131. The molecule has 0 aliphatic heterocycles. The Kier molecular flexibility index (Phi) is 5.82. The fourth-order valence-corrected chi connectivity index (χ4v) is 2.33. The lowest BCUT2D eigenvalue weighted by atomic mass is 9.89. The van der Waals surface area contributed by atoms with E-state index in [2.05, 4.69) is 41.8 Å². The average molecular weight is 319 g/mol. The van der Waals surface area contributed by atoms with Crippen LogP contribution in [0.5, 0.6) is 0 Å². The molecular weight excluding hydrogens is 296 g/mol. The predicted molar refractivity (Wildman–Crippen MR) is 75.5 cm³/mol. The van der Waals surface area contributed by atoms with Crippen molar-refractivity contribution in [3.63, 3.8) is 0 Å². The summed E-state index contributed by atoms with van der Waals surface area (Å²) in [7, 11) is 1.66. The average Bonchev–Trinajstić information content (AvgIpc) is 2.64. The molecule has 0 aliphatic carbocycles. The molecule has 0 spiro atoms. The molecule has 0 radical (unpaired) electrons. The van der Waals surface area contributed by atoms with Crippen molar-refractivity contribution in [2.75, 3.05) is 13.7 Å². The Morgan fingerprint density at radius 1 is 1.50 bits per heavy atom. The first-order chi connectivity index (χ1) is 8.35. The van der Waals surface area contributed by atoms with Gasteiger partial charge >= 0.3 is 0 Å². The maximum atomic E-state index is 10.3. The summed E-state index contributed by atoms with van der Waals surface area (Å²) in [4.78, 5) is 0. The first-order valence-electron chi connectivity index (χ1n) is 6.23. The third-order valence-corrected chi connectivity index (χ3v) is 3.43. The molecule has 1 rings (SSSR count). The Balaban J connectivity index is 2.71. The highest BCUT2D eigenvalue weighted by molar-refractivity contribution is 9.10. The highest BCUT2D eigenvalue weighted by atomic mass is 79.9. The van der Waals surface area contributed by atoms with Gasteiger partial charge in [-0.05, 0) is 34.2 Å². The second-order valence-corrected chi connectivity index (χ2v) is 6.56. The minimum atomic E-state index is -0.488. The van der Waals surface area contributed by atoms with Gasteiger partial charge in [-0.2, -0.15) is 5.10 Å². The van der Waals surface area contributed by atoms with Gasteiger partial charge in [-0.25, -0.2) is 0 Å². The van der Waals surface area contributed by atoms with Crippen LogP contribution >= 0.6 is 15.9 Å². The summed E-state index contributed by atoms with van der Waals surface area (Å²) in [6.45, 7) is 7.78. The maximum absolute atomic E-state index is 10.3. The monoisotopic (exact) mass is 318 g/mol. The molecule has 0 amide bonds. The van der Waals surface area contributed by atoms with Gasteiger partial charge in [0.25, 0.3) is 0 Å². The molecule has 1 atom stereocenters. The largest absolute Gasteiger partial charge is 0.387 e. The normalized spacial score (nSPS) is 13.9. The molecule has 0 aromatic carbocycles. The summed E-state index contributed by atoms with van der Waals surface area (Å²) >= 11 is 3.45. The summed E-state index contributed by atoms with van der Waals surface area (Å²) in [6, 6.07) is 0. The third kappa shape index (κ3) is 4.71. The molecule has 0 saturated heterocycles. The number of methoxy groups -OCH3 is 1. The Morgan fingerprint density at radius 3 is 2.72 bits per heavy atom. The number of nitrogens with zero attached hydrogens (tertiary/aromatic N) is 2. The van der Waals surface area contributed by atoms with Gasteiger partial charge in [-0.15, -0.1) is 0 Å². The van der Waals surface area contributed by atoms with Crippen LogP contribution in [0.1, 0.15) is 45.4 Å². The van der Waals surface area contributed by atoms with Gasteiger partial charge < -0.3 is 9.84 Å². The van der Waals surface area contributed by atoms with Crippen molar-refractivity contribution < 1.29 is 9.84 Å². The molecule has 5 heteroatoms. The van der Waals surface area contributed by atoms with Crippen molar-refractivity contribution in [2.24, 2.45) is 5.41 Å². The molecule has 0 aliphatic rings. The number of ether oxygens (including phenoxy) is 1. The Labute approximate surface area is 117 Å². The summed E-state index contributed by atoms with van der Waals surface area (Å²) in [6.07, 6.45) is 2.94. The Morgan fingerprint density at radius 2 is 2.17 bits per heavy atom. The smallest absolute Gasteiger partial charge is 0.0968 e. The van der Waals surface area contributed by atoms with Crippen LogP contribution in [0.15, 0.2) is 10.7 Å². The number of aromatic nitrogens is 2. The van der Waals surface area contributed by atoms with Crippen LogP contribution in [0.4, 0.5) is 0 Å². The molecule has 1 unspecified atom stereocenters. The SMILES string of the molecule is COCCn1ncc(Br)c1C(O)CCC(C)(C)C. The number of aliphatic hydroxyl groups is 1. The first-order valence-corrected chi connectivity index (χ1v) is 7.02. The van der Waals surface area contributed by atoms with Gasteiger partial charge in [0, 0.05) is 7.11 Å². The summed E-state index contributed by atoms with van der Waals surface area (Å²) in [5.74, 6) is 0. The van der Waals surface area contributed by atoms with E-state index in [0.717, 1.165) is 23.0 Å². The molecule has 104 valence electrons. The van der Waals surface area contributed by atoms with Crippen molar-refractivity contribution in [3.8, 4) is 0 Å². The molecular formula is C13H23BrN2O2. The van der Waals surface area contributed by atoms with Gasteiger partial charge in [0.1, 0.15) is 0 Å². The van der Waals surface area contributed by atoms with E-state index in [0.29, 0.717) is 13.2 Å². The van der Waals surface area contributed by atoms with Crippen molar-refractivity contribution >= 4 is 15.9 Å². The van der Waals surface area contributed by atoms with Crippen LogP contribution < -0.4 is 0 Å². The van der Waals surface area contributed by atoms with Crippen LogP contribution in [0.2, 0.25) is 0 Å². The number of halogens is 1. The fourth-order valence-electron chi connectivity index (χ4n) is 1.77. The van der Waals surface area contributed by atoms with Crippen molar-refractivity contribution in [3.05, 3.63) is 16.4 Å². The molecule has 0 saturated carbocycles. The Hall–Kier alpha value is -0.390. The van der Waals surface area contributed by atoms with E-state index in [4.69, 9.17) is 4.74 Å². The van der Waals surface area contributed by atoms with E-state index in [-0.39, 0.29) is 5.41 Å². The highest BCUT2D eigenvalue weighted by Crippen LogP contribution is 2.30. The van der Waals surface area contributed by atoms with Crippen LogP contribution in [-0.4, -0.2) is 28.6 Å². The zero-order valence-corrected chi connectivity index (χ0v) is 13.2. The van der Waals surface area contributed by atoms with Crippen LogP contribution in [0.25, 0.3) is 0 Å². The summed E-state index contributed by atoms with van der Waals surface area (Å²) in [5.41, 5.74) is 1.07. The van der Waals surface area contributed by atoms with Crippen LogP contribution in [0.3, 0.4) is 0 Å². The zero-order valence-electron chi connectivity index (χ0n) is 11.6. The molecule has 4 nitrogen and oxygen atoms in total. The quantitative estimate of drug-likeness (QED) is 0.876. The van der Waals surface area contributed by atoms with E-state index in [1.165, 1.54) is 0 Å². The number of rotatable bonds is 6. The lowest BCUT2D eigenvalue weighted by Crippen LogP contribution is -2.15. The molecule has 1 aromatic rings. The number of aliphatic hydroxyl groups excluding tert-OH is 1. The Bertz CT molecular complexity index is 372. The van der Waals surface area contributed by atoms with Crippen molar-refractivity contribution in [1.29, 1.82) is 0 Å². The maximum Gasteiger partial charge on any atom is 0.0968 e. The topological polar surface area (TPSA) is 47.3 Å². The molecule has 0 fully saturated rings. The molecule has 1 N–H and O–H groups in total. The van der Waals surface area contributed by atoms with E-state index < -0.39 is 6.10 Å². The number of hydrogen-bond donors (Lipinski definition) is 1. The van der Waals surface area contributed by atoms with Gasteiger partial charge in [-0.3, -0.25) is 4.68 Å². The number of hydrogen-bond acceptors (Lipinski definition) is 3. The van der Waals surface area contributed by atoms with E-state index in [1.807, 2.05) is 0 Å². The molecule has 1 aromatic heterocycles. The second kappa shape index (κ2) is 6.68. The summed E-state index contributed by atoms with van der Waals surface area (Å²) < 4.78 is 7.71. The van der Waals surface area contributed by atoms with Crippen molar-refractivity contribution in [2.45, 2.75) is 46.3 Å². The lowest BCUT2D eigenvalue weighted by Gasteiger charge is -2.21. The summed E-state index contributed by atoms with van der Waals surface area (Å²) in [5, 5.41) is 14.6. The molecule has 0 bridgehead atoms. The molecule has 18 heavy (non-hydrogen) atoms. The van der Waals surface area contributed by atoms with E-state index >= 15 is 0 Å². The van der Waals surface area contributed by atoms with Crippen molar-refractivity contribution in [1.82, 2.24) is 9.78 Å². The zero-order chi connectivity index (χ0) is 13.8. The van der Waals surface area contributed by atoms with Crippen LogP contribution in [-0.2, 0) is 11.3 Å². The molecule has 1 heterocycles. The predicted octanol–water partition coefficient (Wildman–Crippen LogP) is 3.15. The van der Waals surface area contributed by atoms with Gasteiger partial charge in [0.05, 0.1) is 35.6 Å². The van der Waals surface area contributed by atoms with E-state index in [9.17, 15) is 5.11 Å². The van der Waals surface area contributed by atoms with Crippen LogP contribution in [0, 0.1) is 5.41 Å². The van der Waals surface area contributed by atoms with Gasteiger partial charge in [0.15, 0.2) is 0 Å². The third-order valence-electron chi connectivity index (χ3n) is 2.82.